The van der Waals surface area contributed by atoms with Gasteiger partial charge in [0.25, 0.3) is 5.91 Å². The number of carbonyl (C=O) groups excluding carboxylic acids is 1. The molecule has 0 saturated carbocycles. The molecule has 0 bridgehead atoms. The molecule has 5 heteroatoms. The molecule has 1 aliphatic rings. The number of aryl methyl sites for hydroxylation is 1. The predicted octanol–water partition coefficient (Wildman–Crippen LogP) is 2.76. The van der Waals surface area contributed by atoms with Crippen LogP contribution in [0.15, 0.2) is 41.0 Å². The number of hydrogen-bond acceptors (Lipinski definition) is 4. The van der Waals surface area contributed by atoms with E-state index in [4.69, 9.17) is 10.2 Å². The molecule has 3 N–H and O–H groups in total. The van der Waals surface area contributed by atoms with E-state index in [1.54, 1.807) is 6.07 Å². The van der Waals surface area contributed by atoms with E-state index < -0.39 is 0 Å². The van der Waals surface area contributed by atoms with Crippen LogP contribution in [0.1, 0.15) is 34.5 Å². The maximum absolute atomic E-state index is 12.4. The molecule has 2 aromatic rings. The lowest BCUT2D eigenvalue weighted by molar-refractivity contribution is 0.0718. The first-order valence-corrected chi connectivity index (χ1v) is 8.05. The van der Waals surface area contributed by atoms with Crippen LogP contribution < -0.4 is 11.1 Å². The number of rotatable bonds is 4. The van der Waals surface area contributed by atoms with Crippen LogP contribution in [0, 0.1) is 6.92 Å². The minimum Gasteiger partial charge on any atom is -0.467 e. The van der Waals surface area contributed by atoms with E-state index in [9.17, 15) is 4.79 Å². The molecule has 2 heterocycles. The second-order valence-electron chi connectivity index (χ2n) is 6.09. The van der Waals surface area contributed by atoms with Crippen molar-refractivity contribution in [2.75, 3.05) is 18.4 Å². The van der Waals surface area contributed by atoms with Crippen molar-refractivity contribution in [3.8, 4) is 0 Å². The summed E-state index contributed by atoms with van der Waals surface area (Å²) < 4.78 is 5.25. The summed E-state index contributed by atoms with van der Waals surface area (Å²) in [6, 6.07) is 10.5. The number of hydrogen-bond donors (Lipinski definition) is 2. The van der Waals surface area contributed by atoms with Crippen LogP contribution in [0.3, 0.4) is 0 Å². The molecule has 23 heavy (non-hydrogen) atoms. The fourth-order valence-corrected chi connectivity index (χ4v) is 2.98. The Bertz CT molecular complexity index is 672. The SMILES string of the molecule is Cc1cccc(NC2CCN(C(=O)c3coc(CN)c3)CC2)c1. The lowest BCUT2D eigenvalue weighted by Crippen LogP contribution is -2.42. The zero-order valence-electron chi connectivity index (χ0n) is 13.4. The van der Waals surface area contributed by atoms with Crippen LogP contribution in [0.4, 0.5) is 5.69 Å². The Balaban J connectivity index is 1.54. The number of nitrogens with one attached hydrogen (secondary N) is 1. The quantitative estimate of drug-likeness (QED) is 0.910. The summed E-state index contributed by atoms with van der Waals surface area (Å²) in [4.78, 5) is 14.3. The number of amides is 1. The van der Waals surface area contributed by atoms with Gasteiger partial charge >= 0.3 is 0 Å². The number of furan rings is 1. The second-order valence-corrected chi connectivity index (χ2v) is 6.09. The molecule has 122 valence electrons. The smallest absolute Gasteiger partial charge is 0.257 e. The Morgan fingerprint density at radius 3 is 2.78 bits per heavy atom. The van der Waals surface area contributed by atoms with Gasteiger partial charge in [-0.05, 0) is 43.5 Å². The Labute approximate surface area is 136 Å². The topological polar surface area (TPSA) is 71.5 Å². The van der Waals surface area contributed by atoms with Crippen LogP contribution in [-0.2, 0) is 6.54 Å². The Hall–Kier alpha value is -2.27. The van der Waals surface area contributed by atoms with E-state index in [-0.39, 0.29) is 5.91 Å². The lowest BCUT2D eigenvalue weighted by atomic mass is 10.0. The highest BCUT2D eigenvalue weighted by molar-refractivity contribution is 5.94. The fourth-order valence-electron chi connectivity index (χ4n) is 2.98. The van der Waals surface area contributed by atoms with Crippen molar-refractivity contribution in [1.29, 1.82) is 0 Å². The summed E-state index contributed by atoms with van der Waals surface area (Å²) in [6.45, 7) is 3.92. The molecule has 0 aliphatic carbocycles. The van der Waals surface area contributed by atoms with Gasteiger partial charge in [-0.25, -0.2) is 0 Å². The molecule has 0 radical (unpaired) electrons. The first-order valence-electron chi connectivity index (χ1n) is 8.05. The minimum atomic E-state index is 0.0301. The van der Waals surface area contributed by atoms with Crippen LogP contribution >= 0.6 is 0 Å². The molecular weight excluding hydrogens is 290 g/mol. The van der Waals surface area contributed by atoms with Gasteiger partial charge in [-0.3, -0.25) is 4.79 Å². The highest BCUT2D eigenvalue weighted by Crippen LogP contribution is 2.19. The van der Waals surface area contributed by atoms with Crippen molar-refractivity contribution in [1.82, 2.24) is 4.90 Å². The molecule has 1 saturated heterocycles. The van der Waals surface area contributed by atoms with E-state index in [2.05, 4.69) is 36.5 Å². The van der Waals surface area contributed by atoms with Crippen LogP contribution in [0.2, 0.25) is 0 Å². The Kier molecular flexibility index (Phi) is 4.67. The number of nitrogens with two attached hydrogens (primary N) is 1. The summed E-state index contributed by atoms with van der Waals surface area (Å²) in [5.41, 5.74) is 8.51. The number of piperidine rings is 1. The minimum absolute atomic E-state index is 0.0301. The normalized spacial score (nSPS) is 15.7. The van der Waals surface area contributed by atoms with Gasteiger partial charge in [-0.2, -0.15) is 0 Å². The largest absolute Gasteiger partial charge is 0.467 e. The third-order valence-electron chi connectivity index (χ3n) is 4.27. The molecule has 1 aromatic carbocycles. The van der Waals surface area contributed by atoms with Gasteiger partial charge in [0.15, 0.2) is 0 Å². The molecular formula is C18H23N3O2. The highest BCUT2D eigenvalue weighted by atomic mass is 16.3. The molecule has 1 aliphatic heterocycles. The standard InChI is InChI=1S/C18H23N3O2/c1-13-3-2-4-16(9-13)20-15-5-7-21(8-6-15)18(22)14-10-17(11-19)23-12-14/h2-4,9-10,12,15,20H,5-8,11,19H2,1H3. The van der Waals surface area contributed by atoms with Gasteiger partial charge in [0, 0.05) is 24.8 Å². The zero-order valence-corrected chi connectivity index (χ0v) is 13.4. The maximum Gasteiger partial charge on any atom is 0.257 e. The molecule has 5 nitrogen and oxygen atoms in total. The summed E-state index contributed by atoms with van der Waals surface area (Å²) >= 11 is 0. The van der Waals surface area contributed by atoms with Gasteiger partial charge in [-0.15, -0.1) is 0 Å². The Morgan fingerprint density at radius 2 is 2.13 bits per heavy atom. The van der Waals surface area contributed by atoms with Crippen molar-refractivity contribution in [2.45, 2.75) is 32.4 Å². The van der Waals surface area contributed by atoms with E-state index in [1.807, 2.05) is 4.90 Å². The van der Waals surface area contributed by atoms with Crippen LogP contribution in [0.5, 0.6) is 0 Å². The third-order valence-corrected chi connectivity index (χ3v) is 4.27. The molecule has 1 aromatic heterocycles. The fraction of sp³-hybridized carbons (Fsp3) is 0.389. The number of nitrogens with zero attached hydrogens (tertiary/aromatic N) is 1. The second kappa shape index (κ2) is 6.87. The van der Waals surface area contributed by atoms with E-state index >= 15 is 0 Å². The van der Waals surface area contributed by atoms with Crippen molar-refractivity contribution >= 4 is 11.6 Å². The van der Waals surface area contributed by atoms with Crippen LogP contribution in [0.25, 0.3) is 0 Å². The monoisotopic (exact) mass is 313 g/mol. The molecule has 0 spiro atoms. The average Bonchev–Trinajstić information content (AvgIpc) is 3.04. The molecule has 0 unspecified atom stereocenters. The molecule has 1 amide bonds. The summed E-state index contributed by atoms with van der Waals surface area (Å²) in [6.07, 6.45) is 3.39. The van der Waals surface area contributed by atoms with Crippen LogP contribution in [-0.4, -0.2) is 29.9 Å². The van der Waals surface area contributed by atoms with Crippen molar-refractivity contribution in [2.24, 2.45) is 5.73 Å². The molecule has 0 atom stereocenters. The van der Waals surface area contributed by atoms with E-state index in [0.29, 0.717) is 23.9 Å². The van der Waals surface area contributed by atoms with Crippen molar-refractivity contribution in [3.05, 3.63) is 53.5 Å². The third kappa shape index (κ3) is 3.74. The predicted molar refractivity (Wildman–Crippen MR) is 90.3 cm³/mol. The lowest BCUT2D eigenvalue weighted by Gasteiger charge is -2.32. The van der Waals surface area contributed by atoms with Gasteiger partial charge in [-0.1, -0.05) is 12.1 Å². The maximum atomic E-state index is 12.4. The molecule has 3 rings (SSSR count). The first kappa shape index (κ1) is 15.6. The number of benzene rings is 1. The molecule has 1 fully saturated rings. The summed E-state index contributed by atoms with van der Waals surface area (Å²) in [5, 5.41) is 3.56. The Morgan fingerprint density at radius 1 is 1.35 bits per heavy atom. The number of carbonyl (C=O) groups is 1. The summed E-state index contributed by atoms with van der Waals surface area (Å²) in [7, 11) is 0. The van der Waals surface area contributed by atoms with E-state index in [1.165, 1.54) is 11.8 Å². The first-order chi connectivity index (χ1) is 11.2. The summed E-state index contributed by atoms with van der Waals surface area (Å²) in [5.74, 6) is 0.673. The zero-order chi connectivity index (χ0) is 16.2. The van der Waals surface area contributed by atoms with Gasteiger partial charge in [0.1, 0.15) is 12.0 Å². The van der Waals surface area contributed by atoms with Gasteiger partial charge in [0.05, 0.1) is 12.1 Å². The number of anilines is 1. The van der Waals surface area contributed by atoms with Crippen molar-refractivity contribution < 1.29 is 9.21 Å². The van der Waals surface area contributed by atoms with Gasteiger partial charge in [0.2, 0.25) is 0 Å². The number of likely N-dealkylation sites (tertiary alicyclic amines) is 1. The van der Waals surface area contributed by atoms with E-state index in [0.717, 1.165) is 31.6 Å². The average molecular weight is 313 g/mol. The van der Waals surface area contributed by atoms with Crippen molar-refractivity contribution in [3.63, 3.8) is 0 Å². The van der Waals surface area contributed by atoms with Gasteiger partial charge < -0.3 is 20.4 Å². The highest BCUT2D eigenvalue weighted by Gasteiger charge is 2.24.